The lowest BCUT2D eigenvalue weighted by atomic mass is 10.0. The van der Waals surface area contributed by atoms with E-state index in [1.54, 1.807) is 6.26 Å². The minimum absolute atomic E-state index is 0.485. The lowest BCUT2D eigenvalue weighted by Gasteiger charge is -2.10. The molecule has 0 aliphatic heterocycles. The minimum Gasteiger partial charge on any atom is -0.469 e. The molecule has 0 aliphatic rings. The number of furan rings is 1. The van der Waals surface area contributed by atoms with E-state index < -0.39 is 6.10 Å². The van der Waals surface area contributed by atoms with Gasteiger partial charge in [0.1, 0.15) is 5.76 Å². The van der Waals surface area contributed by atoms with Gasteiger partial charge in [-0.1, -0.05) is 31.2 Å². The van der Waals surface area contributed by atoms with E-state index in [4.69, 9.17) is 4.42 Å². The molecule has 2 heteroatoms. The Bertz CT molecular complexity index is 468. The molecule has 1 aromatic carbocycles. The van der Waals surface area contributed by atoms with E-state index in [0.717, 1.165) is 23.3 Å². The molecule has 2 aromatic rings. The molecular formula is C15H18O2. The third-order valence-corrected chi connectivity index (χ3v) is 3.12. The fourth-order valence-electron chi connectivity index (χ4n) is 1.98. The van der Waals surface area contributed by atoms with E-state index in [9.17, 15) is 5.11 Å². The predicted molar refractivity (Wildman–Crippen MR) is 67.9 cm³/mol. The van der Waals surface area contributed by atoms with Crippen molar-refractivity contribution < 1.29 is 9.52 Å². The third kappa shape index (κ3) is 2.77. The van der Waals surface area contributed by atoms with Gasteiger partial charge in [0.25, 0.3) is 0 Å². The molecule has 0 amide bonds. The molecular weight excluding hydrogens is 212 g/mol. The second-order valence-corrected chi connectivity index (χ2v) is 4.32. The molecule has 17 heavy (non-hydrogen) atoms. The molecule has 2 nitrogen and oxygen atoms in total. The Morgan fingerprint density at radius 1 is 1.12 bits per heavy atom. The summed E-state index contributed by atoms with van der Waals surface area (Å²) < 4.78 is 5.20. The molecule has 0 radical (unpaired) electrons. The van der Waals surface area contributed by atoms with E-state index >= 15 is 0 Å². The van der Waals surface area contributed by atoms with Gasteiger partial charge in [-0.05, 0) is 30.5 Å². The van der Waals surface area contributed by atoms with E-state index in [1.807, 2.05) is 13.0 Å². The maximum absolute atomic E-state index is 10.1. The lowest BCUT2D eigenvalue weighted by Crippen LogP contribution is -2.02. The number of aliphatic hydroxyl groups excluding tert-OH is 1. The highest BCUT2D eigenvalue weighted by atomic mass is 16.3. The van der Waals surface area contributed by atoms with Gasteiger partial charge in [-0.15, -0.1) is 0 Å². The van der Waals surface area contributed by atoms with Gasteiger partial charge in [-0.2, -0.15) is 0 Å². The summed E-state index contributed by atoms with van der Waals surface area (Å²) in [5, 5.41) is 10.1. The summed E-state index contributed by atoms with van der Waals surface area (Å²) in [5.74, 6) is 0.794. The highest BCUT2D eigenvalue weighted by Crippen LogP contribution is 2.22. The molecule has 1 unspecified atom stereocenters. The molecule has 2 rings (SSSR count). The van der Waals surface area contributed by atoms with Crippen molar-refractivity contribution in [1.82, 2.24) is 0 Å². The van der Waals surface area contributed by atoms with Crippen molar-refractivity contribution in [2.75, 3.05) is 0 Å². The zero-order valence-electron chi connectivity index (χ0n) is 10.3. The SMILES string of the molecule is CCc1ccc(CC(O)c2ccoc2C)cc1. The molecule has 1 heterocycles. The molecule has 0 spiro atoms. The number of rotatable bonds is 4. The third-order valence-electron chi connectivity index (χ3n) is 3.12. The molecule has 0 saturated heterocycles. The molecule has 0 fully saturated rings. The summed E-state index contributed by atoms with van der Waals surface area (Å²) in [6.45, 7) is 4.01. The fourth-order valence-corrected chi connectivity index (χ4v) is 1.98. The smallest absolute Gasteiger partial charge is 0.106 e. The monoisotopic (exact) mass is 230 g/mol. The van der Waals surface area contributed by atoms with Crippen molar-refractivity contribution in [3.8, 4) is 0 Å². The number of aliphatic hydroxyl groups is 1. The maximum atomic E-state index is 10.1. The Balaban J connectivity index is 2.07. The van der Waals surface area contributed by atoms with Gasteiger partial charge in [0.15, 0.2) is 0 Å². The Hall–Kier alpha value is -1.54. The average Bonchev–Trinajstić information content (AvgIpc) is 2.76. The molecule has 1 atom stereocenters. The molecule has 1 aromatic heterocycles. The van der Waals surface area contributed by atoms with Gasteiger partial charge in [-0.3, -0.25) is 0 Å². The second kappa shape index (κ2) is 5.19. The topological polar surface area (TPSA) is 33.4 Å². The number of hydrogen-bond acceptors (Lipinski definition) is 2. The van der Waals surface area contributed by atoms with Gasteiger partial charge in [-0.25, -0.2) is 0 Å². The molecule has 0 saturated carbocycles. The van der Waals surface area contributed by atoms with Crippen LogP contribution >= 0.6 is 0 Å². The van der Waals surface area contributed by atoms with E-state index in [-0.39, 0.29) is 0 Å². The summed E-state index contributed by atoms with van der Waals surface area (Å²) in [7, 11) is 0. The lowest BCUT2D eigenvalue weighted by molar-refractivity contribution is 0.176. The Labute approximate surface area is 102 Å². The Morgan fingerprint density at radius 2 is 1.76 bits per heavy atom. The van der Waals surface area contributed by atoms with Crippen molar-refractivity contribution >= 4 is 0 Å². The summed E-state index contributed by atoms with van der Waals surface area (Å²) in [6.07, 6.45) is 2.81. The van der Waals surface area contributed by atoms with Crippen molar-refractivity contribution in [2.24, 2.45) is 0 Å². The standard InChI is InChI=1S/C15H18O2/c1-3-12-4-6-13(7-5-12)10-15(16)14-8-9-17-11(14)2/h4-9,15-16H,3,10H2,1-2H3. The zero-order valence-corrected chi connectivity index (χ0v) is 10.3. The van der Waals surface area contributed by atoms with Crippen LogP contribution in [0.15, 0.2) is 41.0 Å². The van der Waals surface area contributed by atoms with Crippen molar-refractivity contribution in [1.29, 1.82) is 0 Å². The first-order valence-electron chi connectivity index (χ1n) is 6.00. The van der Waals surface area contributed by atoms with Gasteiger partial charge < -0.3 is 9.52 Å². The van der Waals surface area contributed by atoms with E-state index in [2.05, 4.69) is 31.2 Å². The number of aryl methyl sites for hydroxylation is 2. The van der Waals surface area contributed by atoms with Crippen LogP contribution in [-0.2, 0) is 12.8 Å². The summed E-state index contributed by atoms with van der Waals surface area (Å²) in [4.78, 5) is 0. The largest absolute Gasteiger partial charge is 0.469 e. The van der Waals surface area contributed by atoms with Crippen LogP contribution in [0.1, 0.15) is 35.5 Å². The van der Waals surface area contributed by atoms with Gasteiger partial charge in [0, 0.05) is 12.0 Å². The number of hydrogen-bond donors (Lipinski definition) is 1. The Kier molecular flexibility index (Phi) is 3.64. The number of benzene rings is 1. The normalized spacial score (nSPS) is 12.6. The van der Waals surface area contributed by atoms with Crippen LogP contribution in [0.25, 0.3) is 0 Å². The van der Waals surface area contributed by atoms with Crippen LogP contribution in [-0.4, -0.2) is 5.11 Å². The molecule has 90 valence electrons. The quantitative estimate of drug-likeness (QED) is 0.873. The van der Waals surface area contributed by atoms with Crippen LogP contribution in [0.3, 0.4) is 0 Å². The first-order chi connectivity index (χ1) is 8.20. The first kappa shape index (κ1) is 11.9. The first-order valence-corrected chi connectivity index (χ1v) is 6.00. The zero-order chi connectivity index (χ0) is 12.3. The maximum Gasteiger partial charge on any atom is 0.106 e. The minimum atomic E-state index is -0.485. The van der Waals surface area contributed by atoms with Crippen LogP contribution in [0.4, 0.5) is 0 Å². The van der Waals surface area contributed by atoms with E-state index in [1.165, 1.54) is 5.56 Å². The van der Waals surface area contributed by atoms with Crippen molar-refractivity contribution in [3.63, 3.8) is 0 Å². The van der Waals surface area contributed by atoms with Gasteiger partial charge in [0.2, 0.25) is 0 Å². The van der Waals surface area contributed by atoms with Crippen LogP contribution < -0.4 is 0 Å². The van der Waals surface area contributed by atoms with Crippen molar-refractivity contribution in [3.05, 3.63) is 59.0 Å². The average molecular weight is 230 g/mol. The summed E-state index contributed by atoms with van der Waals surface area (Å²) in [6, 6.07) is 10.2. The van der Waals surface area contributed by atoms with E-state index in [0.29, 0.717) is 6.42 Å². The fraction of sp³-hybridized carbons (Fsp3) is 0.333. The molecule has 0 bridgehead atoms. The van der Waals surface area contributed by atoms with Crippen LogP contribution in [0.2, 0.25) is 0 Å². The Morgan fingerprint density at radius 3 is 2.29 bits per heavy atom. The predicted octanol–water partition coefficient (Wildman–Crippen LogP) is 3.43. The van der Waals surface area contributed by atoms with Gasteiger partial charge >= 0.3 is 0 Å². The highest BCUT2D eigenvalue weighted by Gasteiger charge is 2.13. The van der Waals surface area contributed by atoms with Crippen LogP contribution in [0, 0.1) is 6.92 Å². The van der Waals surface area contributed by atoms with Crippen molar-refractivity contribution in [2.45, 2.75) is 32.8 Å². The second-order valence-electron chi connectivity index (χ2n) is 4.32. The summed E-state index contributed by atoms with van der Waals surface area (Å²) in [5.41, 5.74) is 3.35. The van der Waals surface area contributed by atoms with Gasteiger partial charge in [0.05, 0.1) is 12.4 Å². The summed E-state index contributed by atoms with van der Waals surface area (Å²) >= 11 is 0. The van der Waals surface area contributed by atoms with Crippen LogP contribution in [0.5, 0.6) is 0 Å². The molecule has 0 aliphatic carbocycles. The highest BCUT2D eigenvalue weighted by molar-refractivity contribution is 5.26. The molecule has 1 N–H and O–H groups in total.